The van der Waals surface area contributed by atoms with Crippen molar-refractivity contribution in [3.63, 3.8) is 0 Å². The van der Waals surface area contributed by atoms with Gasteiger partial charge in [-0.05, 0) is 57.7 Å². The van der Waals surface area contributed by atoms with Crippen LogP contribution in [0.4, 0.5) is 4.39 Å². The van der Waals surface area contributed by atoms with Crippen molar-refractivity contribution in [1.82, 2.24) is 14.8 Å². The molecule has 0 bridgehead atoms. The number of aliphatic imine (C=N–C) groups is 1. The Balaban J connectivity index is 1.42. The first-order chi connectivity index (χ1) is 16.8. The van der Waals surface area contributed by atoms with E-state index < -0.39 is 5.82 Å². The monoisotopic (exact) mass is 480 g/mol. The molecule has 1 amide bonds. The number of ether oxygens (including phenoxy) is 1. The Bertz CT molecular complexity index is 1160. The Kier molecular flexibility index (Phi) is 6.59. The van der Waals surface area contributed by atoms with Crippen LogP contribution >= 0.6 is 0 Å². The molecule has 3 aliphatic rings. The summed E-state index contributed by atoms with van der Waals surface area (Å²) in [6.07, 6.45) is 2.19. The SMILES string of the molecule is CC1=NCc2nc(-c3ccc(O)cc3F)cc(C(=O)N3C[C@@H](C)N(CC4CCOCC4)C[C@@H]3C)c21. The van der Waals surface area contributed by atoms with Gasteiger partial charge in [-0.2, -0.15) is 0 Å². The Morgan fingerprint density at radius 3 is 2.69 bits per heavy atom. The van der Waals surface area contributed by atoms with Gasteiger partial charge in [-0.1, -0.05) is 0 Å². The zero-order valence-corrected chi connectivity index (χ0v) is 20.6. The van der Waals surface area contributed by atoms with Crippen molar-refractivity contribution in [2.24, 2.45) is 10.9 Å². The van der Waals surface area contributed by atoms with Crippen molar-refractivity contribution in [3.05, 3.63) is 46.9 Å². The minimum absolute atomic E-state index is 0.0508. The summed E-state index contributed by atoms with van der Waals surface area (Å²) in [6.45, 7) is 10.7. The summed E-state index contributed by atoms with van der Waals surface area (Å²) < 4.78 is 20.2. The lowest BCUT2D eigenvalue weighted by molar-refractivity contribution is 0.00936. The van der Waals surface area contributed by atoms with Gasteiger partial charge in [-0.15, -0.1) is 0 Å². The molecular weight excluding hydrogens is 447 g/mol. The lowest BCUT2D eigenvalue weighted by Crippen LogP contribution is -2.59. The van der Waals surface area contributed by atoms with Gasteiger partial charge < -0.3 is 14.7 Å². The number of carbonyl (C=O) groups is 1. The van der Waals surface area contributed by atoms with Gasteiger partial charge in [0.05, 0.1) is 23.5 Å². The number of benzene rings is 1. The second-order valence-corrected chi connectivity index (χ2v) is 10.1. The van der Waals surface area contributed by atoms with E-state index >= 15 is 0 Å². The van der Waals surface area contributed by atoms with Crippen LogP contribution in [0.1, 0.15) is 55.2 Å². The maximum Gasteiger partial charge on any atom is 0.255 e. The second kappa shape index (κ2) is 9.66. The molecule has 0 unspecified atom stereocenters. The minimum Gasteiger partial charge on any atom is -0.508 e. The number of piperazine rings is 1. The largest absolute Gasteiger partial charge is 0.508 e. The summed E-state index contributed by atoms with van der Waals surface area (Å²) in [7, 11) is 0. The summed E-state index contributed by atoms with van der Waals surface area (Å²) >= 11 is 0. The Morgan fingerprint density at radius 1 is 1.17 bits per heavy atom. The highest BCUT2D eigenvalue weighted by Gasteiger charge is 2.36. The molecule has 0 radical (unpaired) electrons. The van der Waals surface area contributed by atoms with Crippen molar-refractivity contribution >= 4 is 11.6 Å². The van der Waals surface area contributed by atoms with E-state index in [1.165, 1.54) is 12.1 Å². The second-order valence-electron chi connectivity index (χ2n) is 10.1. The number of hydrogen-bond donors (Lipinski definition) is 1. The van der Waals surface area contributed by atoms with Gasteiger partial charge in [0.1, 0.15) is 11.6 Å². The predicted octanol–water partition coefficient (Wildman–Crippen LogP) is 3.88. The molecular formula is C27H33FN4O3. The van der Waals surface area contributed by atoms with Gasteiger partial charge >= 0.3 is 0 Å². The molecule has 3 aliphatic heterocycles. The fourth-order valence-corrected chi connectivity index (χ4v) is 5.56. The quantitative estimate of drug-likeness (QED) is 0.719. The van der Waals surface area contributed by atoms with Crippen LogP contribution in [0.15, 0.2) is 29.3 Å². The van der Waals surface area contributed by atoms with Crippen molar-refractivity contribution in [2.45, 2.75) is 52.2 Å². The van der Waals surface area contributed by atoms with Crippen LogP contribution in [-0.4, -0.2) is 76.4 Å². The smallest absolute Gasteiger partial charge is 0.255 e. The van der Waals surface area contributed by atoms with Crippen molar-refractivity contribution < 1.29 is 19.0 Å². The highest BCUT2D eigenvalue weighted by atomic mass is 19.1. The van der Waals surface area contributed by atoms with Crippen LogP contribution in [0.2, 0.25) is 0 Å². The van der Waals surface area contributed by atoms with Gasteiger partial charge in [0.15, 0.2) is 0 Å². The standard InChI is InChI=1S/C27H33FN4O3/c1-16-14-32(17(2)13-31(16)15-19-6-8-35-9-7-19)27(34)22-11-24(21-5-4-20(33)10-23(21)28)30-25-12-29-18(3)26(22)25/h4-5,10-11,16-17,19,33H,6-9,12-15H2,1-3H3/t16-,17+/m1/s1. The molecule has 2 saturated heterocycles. The molecule has 0 saturated carbocycles. The van der Waals surface area contributed by atoms with Crippen molar-refractivity contribution in [1.29, 1.82) is 0 Å². The summed E-state index contributed by atoms with van der Waals surface area (Å²) in [5.74, 6) is -0.143. The molecule has 1 aromatic heterocycles. The summed E-state index contributed by atoms with van der Waals surface area (Å²) in [4.78, 5) is 27.6. The summed E-state index contributed by atoms with van der Waals surface area (Å²) in [5, 5.41) is 9.62. The van der Waals surface area contributed by atoms with E-state index in [0.717, 1.165) is 56.5 Å². The Hall–Kier alpha value is -2.84. The topological polar surface area (TPSA) is 78.3 Å². The van der Waals surface area contributed by atoms with Crippen molar-refractivity contribution in [3.8, 4) is 17.0 Å². The number of aromatic nitrogens is 1. The first-order valence-electron chi connectivity index (χ1n) is 12.5. The Morgan fingerprint density at radius 2 is 1.94 bits per heavy atom. The summed E-state index contributed by atoms with van der Waals surface area (Å²) in [5.41, 5.74) is 3.40. The van der Waals surface area contributed by atoms with E-state index in [1.807, 2.05) is 11.8 Å². The van der Waals surface area contributed by atoms with E-state index in [0.29, 0.717) is 36.0 Å². The average molecular weight is 481 g/mol. The maximum atomic E-state index is 14.7. The molecule has 2 aromatic rings. The third-order valence-electron chi connectivity index (χ3n) is 7.59. The fourth-order valence-electron chi connectivity index (χ4n) is 5.56. The van der Waals surface area contributed by atoms with Crippen LogP contribution in [0.5, 0.6) is 5.75 Å². The lowest BCUT2D eigenvalue weighted by atomic mass is 9.96. The molecule has 186 valence electrons. The number of amides is 1. The molecule has 5 rings (SSSR count). The molecule has 1 aromatic carbocycles. The molecule has 2 fully saturated rings. The van der Waals surface area contributed by atoms with E-state index in [2.05, 4.69) is 28.7 Å². The fraction of sp³-hybridized carbons (Fsp3) is 0.519. The number of pyridine rings is 1. The van der Waals surface area contributed by atoms with Crippen molar-refractivity contribution in [2.75, 3.05) is 32.8 Å². The number of hydrogen-bond acceptors (Lipinski definition) is 6. The van der Waals surface area contributed by atoms with Crippen LogP contribution in [0, 0.1) is 11.7 Å². The lowest BCUT2D eigenvalue weighted by Gasteiger charge is -2.45. The summed E-state index contributed by atoms with van der Waals surface area (Å²) in [6, 6.07) is 5.97. The first kappa shape index (κ1) is 23.9. The number of carbonyl (C=O) groups excluding carboxylic acids is 1. The Labute approximate surface area is 205 Å². The average Bonchev–Trinajstić information content (AvgIpc) is 3.21. The zero-order valence-electron chi connectivity index (χ0n) is 20.6. The molecule has 0 aliphatic carbocycles. The predicted molar refractivity (Wildman–Crippen MR) is 132 cm³/mol. The van der Waals surface area contributed by atoms with Crippen LogP contribution < -0.4 is 0 Å². The van der Waals surface area contributed by atoms with E-state index in [1.54, 1.807) is 6.07 Å². The van der Waals surface area contributed by atoms with Crippen LogP contribution in [0.25, 0.3) is 11.3 Å². The number of halogens is 1. The van der Waals surface area contributed by atoms with Crippen LogP contribution in [-0.2, 0) is 11.3 Å². The van der Waals surface area contributed by atoms with Gasteiger partial charge in [-0.3, -0.25) is 14.7 Å². The maximum absolute atomic E-state index is 14.7. The highest BCUT2D eigenvalue weighted by Crippen LogP contribution is 2.32. The van der Waals surface area contributed by atoms with Gasteiger partial charge in [0.2, 0.25) is 0 Å². The normalized spacial score (nSPS) is 23.3. The van der Waals surface area contributed by atoms with Gasteiger partial charge in [0, 0.05) is 67.8 Å². The molecule has 1 N–H and O–H groups in total. The first-order valence-corrected chi connectivity index (χ1v) is 12.5. The molecule has 7 nitrogen and oxygen atoms in total. The molecule has 4 heterocycles. The zero-order chi connectivity index (χ0) is 24.7. The van der Waals surface area contributed by atoms with Crippen LogP contribution in [0.3, 0.4) is 0 Å². The highest BCUT2D eigenvalue weighted by molar-refractivity contribution is 6.11. The van der Waals surface area contributed by atoms with Gasteiger partial charge in [-0.25, -0.2) is 9.37 Å². The molecule has 2 atom stereocenters. The van der Waals surface area contributed by atoms with E-state index in [9.17, 15) is 14.3 Å². The molecule has 0 spiro atoms. The van der Waals surface area contributed by atoms with Gasteiger partial charge in [0.25, 0.3) is 5.91 Å². The third-order valence-corrected chi connectivity index (χ3v) is 7.59. The van der Waals surface area contributed by atoms with E-state index in [4.69, 9.17) is 4.74 Å². The number of rotatable bonds is 4. The molecule has 8 heteroatoms. The minimum atomic E-state index is -0.574. The number of phenols is 1. The number of phenolic OH excluding ortho intramolecular Hbond substituents is 1. The number of fused-ring (bicyclic) bond motifs is 1. The number of nitrogens with zero attached hydrogens (tertiary/aromatic N) is 4. The molecule has 35 heavy (non-hydrogen) atoms. The number of aromatic hydroxyl groups is 1. The third kappa shape index (κ3) is 4.69. The van der Waals surface area contributed by atoms with E-state index in [-0.39, 0.29) is 29.3 Å².